The van der Waals surface area contributed by atoms with Crippen LogP contribution in [-0.4, -0.2) is 44.8 Å². The van der Waals surface area contributed by atoms with Gasteiger partial charge >= 0.3 is 0 Å². The Hall–Kier alpha value is -0.200. The highest BCUT2D eigenvalue weighted by molar-refractivity contribution is 4.70. The SMILES string of the molecule is CCCCCCCCCCCC(OC)OC(CC)OCC1COC(C)(C)O1. The van der Waals surface area contributed by atoms with Gasteiger partial charge in [-0.05, 0) is 33.1 Å². The van der Waals surface area contributed by atoms with Crippen LogP contribution >= 0.6 is 0 Å². The molecule has 162 valence electrons. The molecule has 0 aromatic heterocycles. The third-order valence-corrected chi connectivity index (χ3v) is 4.98. The van der Waals surface area contributed by atoms with Gasteiger partial charge in [0.25, 0.3) is 0 Å². The predicted molar refractivity (Wildman–Crippen MR) is 109 cm³/mol. The van der Waals surface area contributed by atoms with Crippen LogP contribution in [0.3, 0.4) is 0 Å². The molecule has 0 N–H and O–H groups in total. The lowest BCUT2D eigenvalue weighted by atomic mass is 10.1. The van der Waals surface area contributed by atoms with Crippen LogP contribution in [0.1, 0.15) is 98.3 Å². The maximum absolute atomic E-state index is 5.99. The number of unbranched alkanes of at least 4 members (excludes halogenated alkanes) is 8. The summed E-state index contributed by atoms with van der Waals surface area (Å²) in [6.07, 6.45) is 13.1. The average molecular weight is 389 g/mol. The summed E-state index contributed by atoms with van der Waals surface area (Å²) in [5, 5.41) is 0. The molecule has 0 aromatic rings. The van der Waals surface area contributed by atoms with E-state index in [9.17, 15) is 0 Å². The summed E-state index contributed by atoms with van der Waals surface area (Å²) in [7, 11) is 1.71. The Labute approximate surface area is 167 Å². The molecule has 0 amide bonds. The van der Waals surface area contributed by atoms with E-state index in [1.165, 1.54) is 51.4 Å². The normalized spacial score (nSPS) is 21.4. The van der Waals surface area contributed by atoms with Crippen LogP contribution in [0, 0.1) is 0 Å². The highest BCUT2D eigenvalue weighted by Crippen LogP contribution is 2.23. The lowest BCUT2D eigenvalue weighted by Gasteiger charge is -2.24. The van der Waals surface area contributed by atoms with Crippen molar-refractivity contribution in [3.63, 3.8) is 0 Å². The second-order valence-corrected chi connectivity index (χ2v) is 8.04. The van der Waals surface area contributed by atoms with E-state index in [1.54, 1.807) is 7.11 Å². The van der Waals surface area contributed by atoms with Crippen molar-refractivity contribution in [2.24, 2.45) is 0 Å². The van der Waals surface area contributed by atoms with E-state index < -0.39 is 5.79 Å². The maximum atomic E-state index is 5.99. The van der Waals surface area contributed by atoms with Crippen molar-refractivity contribution in [1.82, 2.24) is 0 Å². The lowest BCUT2D eigenvalue weighted by Crippen LogP contribution is -2.30. The van der Waals surface area contributed by atoms with Gasteiger partial charge in [-0.1, -0.05) is 65.2 Å². The number of rotatable bonds is 17. The quantitative estimate of drug-likeness (QED) is 0.233. The van der Waals surface area contributed by atoms with Gasteiger partial charge in [-0.15, -0.1) is 0 Å². The summed E-state index contributed by atoms with van der Waals surface area (Å²) < 4.78 is 28.7. The van der Waals surface area contributed by atoms with Crippen LogP contribution in [0.4, 0.5) is 0 Å². The molecule has 0 spiro atoms. The second kappa shape index (κ2) is 14.7. The summed E-state index contributed by atoms with van der Waals surface area (Å²) in [5.74, 6) is -0.512. The molecule has 1 aliphatic rings. The molecule has 27 heavy (non-hydrogen) atoms. The van der Waals surface area contributed by atoms with E-state index >= 15 is 0 Å². The lowest BCUT2D eigenvalue weighted by molar-refractivity contribution is -0.248. The molecule has 1 aliphatic heterocycles. The topological polar surface area (TPSA) is 46.2 Å². The number of hydrogen-bond acceptors (Lipinski definition) is 5. The molecule has 0 aliphatic carbocycles. The second-order valence-electron chi connectivity index (χ2n) is 8.04. The summed E-state index contributed by atoms with van der Waals surface area (Å²) in [4.78, 5) is 0. The van der Waals surface area contributed by atoms with E-state index in [4.69, 9.17) is 23.7 Å². The molecule has 5 nitrogen and oxygen atoms in total. The fourth-order valence-electron chi connectivity index (χ4n) is 3.35. The van der Waals surface area contributed by atoms with Crippen molar-refractivity contribution in [2.75, 3.05) is 20.3 Å². The van der Waals surface area contributed by atoms with Crippen molar-refractivity contribution >= 4 is 0 Å². The average Bonchev–Trinajstić information content (AvgIpc) is 3.00. The van der Waals surface area contributed by atoms with E-state index in [0.717, 1.165) is 19.3 Å². The highest BCUT2D eigenvalue weighted by atomic mass is 16.8. The third kappa shape index (κ3) is 12.1. The van der Waals surface area contributed by atoms with Gasteiger partial charge < -0.3 is 23.7 Å². The van der Waals surface area contributed by atoms with Crippen molar-refractivity contribution in [3.8, 4) is 0 Å². The molecule has 0 radical (unpaired) electrons. The molecule has 0 saturated carbocycles. The van der Waals surface area contributed by atoms with Gasteiger partial charge in [0.2, 0.25) is 0 Å². The number of methoxy groups -OCH3 is 1. The largest absolute Gasteiger partial charge is 0.356 e. The Morgan fingerprint density at radius 3 is 2.07 bits per heavy atom. The number of hydrogen-bond donors (Lipinski definition) is 0. The molecule has 3 unspecified atom stereocenters. The smallest absolute Gasteiger partial charge is 0.163 e. The van der Waals surface area contributed by atoms with Crippen LogP contribution in [0.15, 0.2) is 0 Å². The van der Waals surface area contributed by atoms with Crippen LogP contribution < -0.4 is 0 Å². The molecule has 1 fully saturated rings. The molecule has 1 rings (SSSR count). The van der Waals surface area contributed by atoms with Gasteiger partial charge in [0.15, 0.2) is 18.4 Å². The first-order valence-electron chi connectivity index (χ1n) is 11.1. The van der Waals surface area contributed by atoms with Crippen molar-refractivity contribution in [1.29, 1.82) is 0 Å². The van der Waals surface area contributed by atoms with Crippen LogP contribution in [-0.2, 0) is 23.7 Å². The zero-order valence-corrected chi connectivity index (χ0v) is 18.5. The zero-order valence-electron chi connectivity index (χ0n) is 18.5. The van der Waals surface area contributed by atoms with Crippen LogP contribution in [0.2, 0.25) is 0 Å². The van der Waals surface area contributed by atoms with Gasteiger partial charge in [0.1, 0.15) is 6.10 Å². The van der Waals surface area contributed by atoms with Gasteiger partial charge in [0, 0.05) is 7.11 Å². The van der Waals surface area contributed by atoms with Crippen molar-refractivity contribution in [3.05, 3.63) is 0 Å². The van der Waals surface area contributed by atoms with Crippen molar-refractivity contribution in [2.45, 2.75) is 123 Å². The summed E-state index contributed by atoms with van der Waals surface area (Å²) in [6.45, 7) is 9.22. The van der Waals surface area contributed by atoms with E-state index in [-0.39, 0.29) is 18.7 Å². The van der Waals surface area contributed by atoms with Gasteiger partial charge in [-0.25, -0.2) is 0 Å². The molecule has 1 saturated heterocycles. The monoisotopic (exact) mass is 388 g/mol. The first-order chi connectivity index (χ1) is 13.0. The minimum absolute atomic E-state index is 0.0315. The Morgan fingerprint density at radius 2 is 1.56 bits per heavy atom. The highest BCUT2D eigenvalue weighted by Gasteiger charge is 2.33. The summed E-state index contributed by atoms with van der Waals surface area (Å²) in [6, 6.07) is 0. The summed E-state index contributed by atoms with van der Waals surface area (Å²) >= 11 is 0. The standard InChI is InChI=1S/C22H44O5/c1-6-8-9-10-11-12-13-14-15-16-21(23-5)26-20(7-2)24-17-19-18-25-22(3,4)27-19/h19-21H,6-18H2,1-5H3. The fourth-order valence-corrected chi connectivity index (χ4v) is 3.35. The number of ether oxygens (including phenoxy) is 5. The molecule has 0 aromatic carbocycles. The Bertz CT molecular complexity index is 348. The Balaban J connectivity index is 2.09. The van der Waals surface area contributed by atoms with Crippen LogP contribution in [0.5, 0.6) is 0 Å². The zero-order chi connectivity index (χ0) is 20.0. The molecule has 5 heteroatoms. The predicted octanol–water partition coefficient (Wildman–Crippen LogP) is 5.80. The minimum atomic E-state index is -0.512. The minimum Gasteiger partial charge on any atom is -0.356 e. The Kier molecular flexibility index (Phi) is 13.6. The first kappa shape index (κ1) is 24.8. The van der Waals surface area contributed by atoms with E-state index in [0.29, 0.717) is 13.2 Å². The van der Waals surface area contributed by atoms with Gasteiger partial charge in [-0.2, -0.15) is 0 Å². The first-order valence-corrected chi connectivity index (χ1v) is 11.1. The van der Waals surface area contributed by atoms with Gasteiger partial charge in [0.05, 0.1) is 13.2 Å². The van der Waals surface area contributed by atoms with Gasteiger partial charge in [-0.3, -0.25) is 0 Å². The summed E-state index contributed by atoms with van der Waals surface area (Å²) in [5.41, 5.74) is 0. The molecule has 1 heterocycles. The molecular formula is C22H44O5. The molecule has 0 bridgehead atoms. The van der Waals surface area contributed by atoms with E-state index in [2.05, 4.69) is 13.8 Å². The molecular weight excluding hydrogens is 344 g/mol. The fraction of sp³-hybridized carbons (Fsp3) is 1.00. The van der Waals surface area contributed by atoms with E-state index in [1.807, 2.05) is 13.8 Å². The maximum Gasteiger partial charge on any atom is 0.163 e. The Morgan fingerprint density at radius 1 is 0.926 bits per heavy atom. The van der Waals surface area contributed by atoms with Crippen molar-refractivity contribution < 1.29 is 23.7 Å². The van der Waals surface area contributed by atoms with Crippen LogP contribution in [0.25, 0.3) is 0 Å². The molecule has 3 atom stereocenters. The third-order valence-electron chi connectivity index (χ3n) is 4.98.